The summed E-state index contributed by atoms with van der Waals surface area (Å²) in [6, 6.07) is 0. The molecule has 21 valence electrons. The van der Waals surface area contributed by atoms with Crippen molar-refractivity contribution in [1.29, 1.82) is 0 Å². The maximum atomic E-state index is 8.93. The molecule has 0 N–H and O–H groups in total. The molecular formula is C3H3O. The van der Waals surface area contributed by atoms with Crippen molar-refractivity contribution in [2.45, 2.75) is 0 Å². The second-order valence-corrected chi connectivity index (χ2v) is 0.322. The number of rotatable bonds is 0. The summed E-state index contributed by atoms with van der Waals surface area (Å²) >= 11 is 0. The summed E-state index contributed by atoms with van der Waals surface area (Å²) in [4.78, 5) is 8.93. The van der Waals surface area contributed by atoms with Crippen LogP contribution >= 0.6 is 0 Å². The highest BCUT2D eigenvalue weighted by atomic mass is 16.1. The van der Waals surface area contributed by atoms with Gasteiger partial charge in [-0.2, -0.15) is 0 Å². The van der Waals surface area contributed by atoms with Gasteiger partial charge in [0, 0.05) is 6.08 Å². The lowest BCUT2D eigenvalue weighted by molar-refractivity contribution is 0.569. The third-order valence-electron chi connectivity index (χ3n) is 0.0833. The van der Waals surface area contributed by atoms with Gasteiger partial charge in [0.1, 0.15) is 5.94 Å². The predicted molar refractivity (Wildman–Crippen MR) is 15.6 cm³/mol. The van der Waals surface area contributed by atoms with E-state index in [9.17, 15) is 0 Å². The van der Waals surface area contributed by atoms with Gasteiger partial charge in [-0.1, -0.05) is 0 Å². The minimum absolute atomic E-state index is 1.07. The molecule has 0 aliphatic heterocycles. The van der Waals surface area contributed by atoms with Crippen LogP contribution in [0, 0.1) is 6.92 Å². The molecule has 4 heavy (non-hydrogen) atoms. The van der Waals surface area contributed by atoms with Crippen molar-refractivity contribution in [2.75, 3.05) is 0 Å². The van der Waals surface area contributed by atoms with Gasteiger partial charge in [-0.05, 0) is 6.92 Å². The molecule has 0 bridgehead atoms. The second kappa shape index (κ2) is 2.45. The van der Waals surface area contributed by atoms with Crippen LogP contribution in [0.25, 0.3) is 0 Å². The molecule has 0 unspecified atom stereocenters. The van der Waals surface area contributed by atoms with E-state index in [0.717, 1.165) is 6.08 Å². The van der Waals surface area contributed by atoms with Crippen molar-refractivity contribution >= 4 is 5.94 Å². The first-order chi connectivity index (χ1) is 1.91. The largest absolute Gasteiger partial charge is 0.234 e. The quantitative estimate of drug-likeness (QED) is 0.362. The molecule has 0 aliphatic rings. The molecule has 0 atom stereocenters. The van der Waals surface area contributed by atoms with E-state index >= 15 is 0 Å². The van der Waals surface area contributed by atoms with E-state index in [1.807, 2.05) is 0 Å². The molecule has 0 aliphatic carbocycles. The Morgan fingerprint density at radius 2 is 2.25 bits per heavy atom. The van der Waals surface area contributed by atoms with Crippen LogP contribution in [0.4, 0.5) is 0 Å². The normalized spacial score (nSPS) is 4.25. The van der Waals surface area contributed by atoms with E-state index in [1.165, 1.54) is 5.94 Å². The fourth-order valence-electron chi connectivity index (χ4n) is 0. The van der Waals surface area contributed by atoms with Crippen LogP contribution in [-0.2, 0) is 4.79 Å². The van der Waals surface area contributed by atoms with Crippen LogP contribution in [0.1, 0.15) is 0 Å². The van der Waals surface area contributed by atoms with Crippen LogP contribution < -0.4 is 0 Å². The Morgan fingerprint density at radius 1 is 2.00 bits per heavy atom. The summed E-state index contributed by atoms with van der Waals surface area (Å²) in [6.07, 6.45) is 1.07. The number of carbonyl (C=O) groups excluding carboxylic acids is 1. The van der Waals surface area contributed by atoms with Crippen LogP contribution in [-0.4, -0.2) is 5.94 Å². The van der Waals surface area contributed by atoms with Gasteiger partial charge >= 0.3 is 0 Å². The van der Waals surface area contributed by atoms with E-state index in [4.69, 9.17) is 4.79 Å². The average Bonchev–Trinajstić information content (AvgIpc) is 1.37. The molecule has 1 heteroatoms. The molecule has 0 spiro atoms. The zero-order valence-electron chi connectivity index (χ0n) is 2.19. The molecule has 0 saturated heterocycles. The number of hydrogen-bond acceptors (Lipinski definition) is 1. The van der Waals surface area contributed by atoms with Crippen molar-refractivity contribution in [3.05, 3.63) is 13.0 Å². The van der Waals surface area contributed by atoms with E-state index in [0.29, 0.717) is 0 Å². The maximum Gasteiger partial charge on any atom is 0.120 e. The Hall–Kier alpha value is -0.550. The highest BCUT2D eigenvalue weighted by molar-refractivity contribution is 5.45. The highest BCUT2D eigenvalue weighted by Crippen LogP contribution is 1.34. The first-order valence-corrected chi connectivity index (χ1v) is 0.901. The van der Waals surface area contributed by atoms with Gasteiger partial charge in [0.25, 0.3) is 0 Å². The van der Waals surface area contributed by atoms with Gasteiger partial charge in [-0.3, -0.25) is 0 Å². The minimum atomic E-state index is 1.07. The van der Waals surface area contributed by atoms with Crippen LogP contribution in [0.5, 0.6) is 0 Å². The van der Waals surface area contributed by atoms with Gasteiger partial charge in [0.2, 0.25) is 0 Å². The summed E-state index contributed by atoms with van der Waals surface area (Å²) in [5, 5.41) is 0. The molecular weight excluding hydrogens is 52.0 g/mol. The lowest BCUT2D eigenvalue weighted by atomic mass is 10.8. The Labute approximate surface area is 24.9 Å². The van der Waals surface area contributed by atoms with Crippen LogP contribution in [0.15, 0.2) is 6.08 Å². The molecule has 0 aromatic rings. The summed E-state index contributed by atoms with van der Waals surface area (Å²) in [5.41, 5.74) is 0. The van der Waals surface area contributed by atoms with Crippen LogP contribution in [0.3, 0.4) is 0 Å². The Bertz CT molecular complexity index is 41.2. The smallest absolute Gasteiger partial charge is 0.120 e. The van der Waals surface area contributed by atoms with Crippen molar-refractivity contribution in [3.63, 3.8) is 0 Å². The molecule has 0 aromatic heterocycles. The molecule has 0 fully saturated rings. The molecule has 1 nitrogen and oxygen atoms in total. The highest BCUT2D eigenvalue weighted by Gasteiger charge is 1.32. The van der Waals surface area contributed by atoms with E-state index < -0.39 is 0 Å². The summed E-state index contributed by atoms with van der Waals surface area (Å²) in [7, 11) is 0. The van der Waals surface area contributed by atoms with E-state index in [1.54, 1.807) is 0 Å². The van der Waals surface area contributed by atoms with E-state index in [2.05, 4.69) is 6.92 Å². The first kappa shape index (κ1) is 3.45. The molecule has 1 radical (unpaired) electrons. The lowest BCUT2D eigenvalue weighted by Gasteiger charge is -1.30. The zero-order valence-corrected chi connectivity index (χ0v) is 2.19. The van der Waals surface area contributed by atoms with Crippen LogP contribution in [0.2, 0.25) is 0 Å². The SMILES string of the molecule is [CH2]C=C=O. The molecule has 0 saturated carbocycles. The monoisotopic (exact) mass is 55.0 g/mol. The maximum absolute atomic E-state index is 8.93. The predicted octanol–water partition coefficient (Wildman–Crippen LogP) is 0.208. The first-order valence-electron chi connectivity index (χ1n) is 0.901. The number of hydrogen-bond donors (Lipinski definition) is 0. The van der Waals surface area contributed by atoms with Crippen molar-refractivity contribution in [2.24, 2.45) is 0 Å². The molecule has 0 aromatic carbocycles. The van der Waals surface area contributed by atoms with Crippen molar-refractivity contribution in [3.8, 4) is 0 Å². The standard InChI is InChI=1S/C3H3O/c1-2-3-4/h2H,1H2. The van der Waals surface area contributed by atoms with Crippen molar-refractivity contribution < 1.29 is 4.79 Å². The minimum Gasteiger partial charge on any atom is -0.234 e. The number of allylic oxidation sites excluding steroid dienone is 1. The van der Waals surface area contributed by atoms with Gasteiger partial charge in [-0.25, -0.2) is 4.79 Å². The average molecular weight is 55.1 g/mol. The summed E-state index contributed by atoms with van der Waals surface area (Å²) in [5.74, 6) is 1.44. The fraction of sp³-hybridized carbons (Fsp3) is 0. The van der Waals surface area contributed by atoms with Gasteiger partial charge < -0.3 is 0 Å². The third-order valence-corrected chi connectivity index (χ3v) is 0.0833. The zero-order chi connectivity index (χ0) is 3.41. The van der Waals surface area contributed by atoms with Crippen molar-refractivity contribution in [1.82, 2.24) is 0 Å². The molecule has 0 amide bonds. The van der Waals surface area contributed by atoms with Gasteiger partial charge in [-0.15, -0.1) is 0 Å². The fourth-order valence-corrected chi connectivity index (χ4v) is 0. The van der Waals surface area contributed by atoms with Gasteiger partial charge in [0.05, 0.1) is 0 Å². The second-order valence-electron chi connectivity index (χ2n) is 0.322. The summed E-state index contributed by atoms with van der Waals surface area (Å²) in [6.45, 7) is 3.06. The topological polar surface area (TPSA) is 17.1 Å². The lowest BCUT2D eigenvalue weighted by Crippen LogP contribution is -1.33. The third kappa shape index (κ3) is 1.45. The van der Waals surface area contributed by atoms with Gasteiger partial charge in [0.15, 0.2) is 0 Å². The molecule has 0 rings (SSSR count). The Kier molecular flexibility index (Phi) is 2.11. The Morgan fingerprint density at radius 3 is 2.25 bits per heavy atom. The van der Waals surface area contributed by atoms with E-state index in [-0.39, 0.29) is 0 Å². The Balaban J connectivity index is 3.11. The summed E-state index contributed by atoms with van der Waals surface area (Å²) < 4.78 is 0. The molecule has 0 heterocycles.